The van der Waals surface area contributed by atoms with Crippen molar-refractivity contribution in [2.45, 2.75) is 0 Å². The first-order valence-corrected chi connectivity index (χ1v) is 1.86. The van der Waals surface area contributed by atoms with Gasteiger partial charge in [-0.25, -0.2) is 0 Å². The maximum Gasteiger partial charge on any atom is 0.155 e. The molecule has 1 saturated heterocycles. The zero-order chi connectivity index (χ0) is 4.57. The van der Waals surface area contributed by atoms with E-state index < -0.39 is 0 Å². The molecule has 1 fully saturated rings. The van der Waals surface area contributed by atoms with Gasteiger partial charge in [0.25, 0.3) is 0 Å². The van der Waals surface area contributed by atoms with Crippen molar-refractivity contribution in [1.29, 1.82) is 0 Å². The van der Waals surface area contributed by atoms with E-state index in [4.69, 9.17) is 0 Å². The molecular formula is C4H4B2. The molecule has 2 heteroatoms. The van der Waals surface area contributed by atoms with Crippen LogP contribution in [0.1, 0.15) is 0 Å². The first-order valence-electron chi connectivity index (χ1n) is 1.86. The minimum Gasteiger partial charge on any atom is -0.142 e. The van der Waals surface area contributed by atoms with Gasteiger partial charge in [-0.05, 0) is 0 Å². The van der Waals surface area contributed by atoms with Crippen LogP contribution in [0.5, 0.6) is 0 Å². The van der Waals surface area contributed by atoms with Crippen LogP contribution in [0.2, 0.25) is 0 Å². The highest BCUT2D eigenvalue weighted by Crippen LogP contribution is 2.06. The SMILES string of the molecule is C=C1[B]C(=C)[B]1. The van der Waals surface area contributed by atoms with E-state index in [0.717, 1.165) is 10.7 Å². The summed E-state index contributed by atoms with van der Waals surface area (Å²) >= 11 is 0. The Morgan fingerprint density at radius 1 is 1.00 bits per heavy atom. The summed E-state index contributed by atoms with van der Waals surface area (Å²) in [5.74, 6) is 0. The fraction of sp³-hybridized carbons (Fsp3) is 0. The van der Waals surface area contributed by atoms with Crippen LogP contribution in [0.25, 0.3) is 0 Å². The minimum atomic E-state index is 1.08. The van der Waals surface area contributed by atoms with E-state index in [1.807, 2.05) is 14.6 Å². The molecule has 6 heavy (non-hydrogen) atoms. The van der Waals surface area contributed by atoms with Crippen LogP contribution in [0.3, 0.4) is 0 Å². The van der Waals surface area contributed by atoms with Crippen molar-refractivity contribution >= 4 is 14.6 Å². The molecule has 0 spiro atoms. The topological polar surface area (TPSA) is 0 Å². The van der Waals surface area contributed by atoms with Crippen LogP contribution >= 0.6 is 0 Å². The van der Waals surface area contributed by atoms with Gasteiger partial charge < -0.3 is 0 Å². The summed E-state index contributed by atoms with van der Waals surface area (Å²) in [6, 6.07) is 0. The molecule has 2 radical (unpaired) electrons. The fourth-order valence-corrected chi connectivity index (χ4v) is 0.463. The first-order chi connectivity index (χ1) is 2.79. The average Bonchev–Trinajstić information content (AvgIpc) is 1.33. The molecule has 0 aliphatic carbocycles. The Morgan fingerprint density at radius 2 is 1.33 bits per heavy atom. The van der Waals surface area contributed by atoms with Gasteiger partial charge in [0.05, 0.1) is 0 Å². The molecule has 0 aromatic heterocycles. The number of hydrogen-bond donors (Lipinski definition) is 0. The summed E-state index contributed by atoms with van der Waals surface area (Å²) in [5, 5.41) is 2.17. The smallest absolute Gasteiger partial charge is 0.142 e. The van der Waals surface area contributed by atoms with E-state index in [0.29, 0.717) is 0 Å². The maximum atomic E-state index is 3.64. The van der Waals surface area contributed by atoms with Gasteiger partial charge in [-0.2, -0.15) is 0 Å². The lowest BCUT2D eigenvalue weighted by Gasteiger charge is -2.13. The molecule has 26 valence electrons. The Kier molecular flexibility index (Phi) is 0.655. The van der Waals surface area contributed by atoms with E-state index in [-0.39, 0.29) is 0 Å². The van der Waals surface area contributed by atoms with Crippen molar-refractivity contribution in [3.05, 3.63) is 23.9 Å². The fourth-order valence-electron chi connectivity index (χ4n) is 0.463. The highest BCUT2D eigenvalue weighted by atomic mass is 13.7. The van der Waals surface area contributed by atoms with Gasteiger partial charge in [-0.15, -0.1) is 23.9 Å². The molecule has 0 aromatic rings. The van der Waals surface area contributed by atoms with Crippen LogP contribution in [0.15, 0.2) is 23.9 Å². The maximum absolute atomic E-state index is 3.64. The summed E-state index contributed by atoms with van der Waals surface area (Å²) in [6.45, 7) is 7.28. The Bertz CT molecular complexity index is 82.1. The molecule has 0 aromatic carbocycles. The Labute approximate surface area is 39.4 Å². The van der Waals surface area contributed by atoms with E-state index in [1.165, 1.54) is 0 Å². The normalized spacial score (nSPS) is 18.0. The largest absolute Gasteiger partial charge is 0.155 e. The predicted octanol–water partition coefficient (Wildman–Crippen LogP) is 0.351. The predicted molar refractivity (Wildman–Crippen MR) is 29.8 cm³/mol. The highest BCUT2D eigenvalue weighted by Gasteiger charge is 2.12. The standard InChI is InChI=1S/C4H4B2/c1-3-5-4(2)6-3/h1-2H2. The van der Waals surface area contributed by atoms with E-state index in [9.17, 15) is 0 Å². The molecule has 0 amide bonds. The van der Waals surface area contributed by atoms with E-state index in [2.05, 4.69) is 13.2 Å². The lowest BCUT2D eigenvalue weighted by atomic mass is 9.26. The Hall–Kier alpha value is -0.390. The molecule has 1 aliphatic rings. The van der Waals surface area contributed by atoms with Crippen molar-refractivity contribution in [3.8, 4) is 0 Å². The zero-order valence-corrected chi connectivity index (χ0v) is 3.57. The molecule has 0 N–H and O–H groups in total. The third-order valence-corrected chi connectivity index (χ3v) is 0.742. The van der Waals surface area contributed by atoms with Crippen molar-refractivity contribution in [2.24, 2.45) is 0 Å². The van der Waals surface area contributed by atoms with Crippen LogP contribution in [0.4, 0.5) is 0 Å². The molecule has 0 unspecified atom stereocenters. The van der Waals surface area contributed by atoms with Crippen LogP contribution < -0.4 is 0 Å². The van der Waals surface area contributed by atoms with Crippen LogP contribution in [-0.2, 0) is 0 Å². The molecule has 0 nitrogen and oxygen atoms in total. The molecule has 0 bridgehead atoms. The summed E-state index contributed by atoms with van der Waals surface area (Å²) < 4.78 is 0. The summed E-state index contributed by atoms with van der Waals surface area (Å²) in [7, 11) is 3.89. The van der Waals surface area contributed by atoms with Gasteiger partial charge in [-0.3, -0.25) is 0 Å². The molecule has 0 saturated carbocycles. The van der Waals surface area contributed by atoms with Gasteiger partial charge in [0.1, 0.15) is 0 Å². The first kappa shape index (κ1) is 3.79. The van der Waals surface area contributed by atoms with Crippen LogP contribution in [-0.4, -0.2) is 14.6 Å². The summed E-state index contributed by atoms with van der Waals surface area (Å²) in [6.07, 6.45) is 0. The van der Waals surface area contributed by atoms with Gasteiger partial charge in [0, 0.05) is 0 Å². The monoisotopic (exact) mass is 74.0 g/mol. The number of rotatable bonds is 0. The van der Waals surface area contributed by atoms with Crippen molar-refractivity contribution in [3.63, 3.8) is 0 Å². The van der Waals surface area contributed by atoms with Gasteiger partial charge in [-0.1, -0.05) is 0 Å². The molecule has 1 aliphatic heterocycles. The van der Waals surface area contributed by atoms with Crippen molar-refractivity contribution in [2.75, 3.05) is 0 Å². The second-order valence-corrected chi connectivity index (χ2v) is 1.44. The lowest BCUT2D eigenvalue weighted by molar-refractivity contribution is 2.08. The minimum absolute atomic E-state index is 1.08. The van der Waals surface area contributed by atoms with Crippen molar-refractivity contribution < 1.29 is 0 Å². The molecule has 1 heterocycles. The van der Waals surface area contributed by atoms with Crippen LogP contribution in [0, 0.1) is 0 Å². The van der Waals surface area contributed by atoms with Gasteiger partial charge >= 0.3 is 0 Å². The Balaban J connectivity index is 2.47. The summed E-state index contributed by atoms with van der Waals surface area (Å²) in [4.78, 5) is 0. The molecule has 0 atom stereocenters. The zero-order valence-electron chi connectivity index (χ0n) is 3.57. The number of hydrogen-bond acceptors (Lipinski definition) is 0. The van der Waals surface area contributed by atoms with Gasteiger partial charge in [0.15, 0.2) is 14.6 Å². The van der Waals surface area contributed by atoms with Gasteiger partial charge in [0.2, 0.25) is 0 Å². The second kappa shape index (κ2) is 1.04. The molecular weight excluding hydrogens is 69.7 g/mol. The second-order valence-electron chi connectivity index (χ2n) is 1.44. The van der Waals surface area contributed by atoms with Crippen molar-refractivity contribution in [1.82, 2.24) is 0 Å². The highest BCUT2D eigenvalue weighted by molar-refractivity contribution is 6.97. The molecule has 1 rings (SSSR count). The quantitative estimate of drug-likeness (QED) is 0.363. The van der Waals surface area contributed by atoms with E-state index in [1.54, 1.807) is 0 Å². The third kappa shape index (κ3) is 0.425. The van der Waals surface area contributed by atoms with E-state index >= 15 is 0 Å². The average molecular weight is 73.7 g/mol. The lowest BCUT2D eigenvalue weighted by Crippen LogP contribution is -2.22. The third-order valence-electron chi connectivity index (χ3n) is 0.742. The summed E-state index contributed by atoms with van der Waals surface area (Å²) in [5.41, 5.74) is 0. The Morgan fingerprint density at radius 3 is 1.33 bits per heavy atom.